The van der Waals surface area contributed by atoms with Crippen molar-refractivity contribution in [3.8, 4) is 11.5 Å². The van der Waals surface area contributed by atoms with Crippen molar-refractivity contribution < 1.29 is 13.9 Å². The van der Waals surface area contributed by atoms with Crippen LogP contribution >= 0.6 is 11.6 Å². The molecule has 1 N–H and O–H groups in total. The maximum absolute atomic E-state index is 13.2. The lowest BCUT2D eigenvalue weighted by Crippen LogP contribution is -2.18. The molecule has 0 radical (unpaired) electrons. The first-order valence-electron chi connectivity index (χ1n) is 6.94. The highest BCUT2D eigenvalue weighted by molar-refractivity contribution is 6.30. The summed E-state index contributed by atoms with van der Waals surface area (Å²) >= 11 is 5.79. The van der Waals surface area contributed by atoms with E-state index in [0.717, 1.165) is 22.6 Å². The third kappa shape index (κ3) is 3.90. The molecular formula is C17H19ClFNO2. The summed E-state index contributed by atoms with van der Waals surface area (Å²) in [6.07, 6.45) is 0. The lowest BCUT2D eigenvalue weighted by molar-refractivity contribution is 0.386. The van der Waals surface area contributed by atoms with Gasteiger partial charge in [0, 0.05) is 24.2 Å². The number of methoxy groups -OCH3 is 2. The summed E-state index contributed by atoms with van der Waals surface area (Å²) in [5, 5.41) is 3.51. The first-order valence-corrected chi connectivity index (χ1v) is 7.32. The molecule has 0 saturated carbocycles. The van der Waals surface area contributed by atoms with Gasteiger partial charge in [-0.15, -0.1) is 0 Å². The highest BCUT2D eigenvalue weighted by Gasteiger charge is 2.12. The maximum Gasteiger partial charge on any atom is 0.141 e. The molecule has 0 bridgehead atoms. The molecule has 0 saturated heterocycles. The summed E-state index contributed by atoms with van der Waals surface area (Å²) in [7, 11) is 3.25. The fraction of sp³-hybridized carbons (Fsp3) is 0.294. The molecule has 0 aliphatic heterocycles. The van der Waals surface area contributed by atoms with Crippen molar-refractivity contribution in [2.75, 3.05) is 14.2 Å². The summed E-state index contributed by atoms with van der Waals surface area (Å²) in [6, 6.07) is 10.5. The average Bonchev–Trinajstić information content (AvgIpc) is 2.54. The van der Waals surface area contributed by atoms with Crippen molar-refractivity contribution in [3.05, 3.63) is 58.4 Å². The third-order valence-corrected chi connectivity index (χ3v) is 3.79. The quantitative estimate of drug-likeness (QED) is 0.857. The van der Waals surface area contributed by atoms with Gasteiger partial charge in [-0.3, -0.25) is 0 Å². The molecule has 0 aromatic heterocycles. The Balaban J connectivity index is 2.08. The van der Waals surface area contributed by atoms with E-state index >= 15 is 0 Å². The van der Waals surface area contributed by atoms with Gasteiger partial charge in [-0.25, -0.2) is 4.39 Å². The molecule has 5 heteroatoms. The van der Waals surface area contributed by atoms with E-state index in [1.165, 1.54) is 6.07 Å². The van der Waals surface area contributed by atoms with Gasteiger partial charge in [0.05, 0.1) is 19.2 Å². The molecule has 0 fully saturated rings. The normalized spacial score (nSPS) is 12.0. The number of halogens is 2. The van der Waals surface area contributed by atoms with E-state index in [2.05, 4.69) is 5.32 Å². The second-order valence-electron chi connectivity index (χ2n) is 4.96. The second-order valence-corrected chi connectivity index (χ2v) is 5.37. The molecule has 2 aromatic rings. The van der Waals surface area contributed by atoms with Crippen molar-refractivity contribution >= 4 is 11.6 Å². The van der Waals surface area contributed by atoms with E-state index in [4.69, 9.17) is 21.1 Å². The third-order valence-electron chi connectivity index (χ3n) is 3.50. The van der Waals surface area contributed by atoms with Gasteiger partial charge in [0.2, 0.25) is 0 Å². The van der Waals surface area contributed by atoms with E-state index in [1.807, 2.05) is 25.1 Å². The fourth-order valence-corrected chi connectivity index (χ4v) is 2.41. The highest BCUT2D eigenvalue weighted by Crippen LogP contribution is 2.29. The molecule has 2 rings (SSSR count). The van der Waals surface area contributed by atoms with Crippen LogP contribution in [0.5, 0.6) is 11.5 Å². The largest absolute Gasteiger partial charge is 0.497 e. The number of hydrogen-bond acceptors (Lipinski definition) is 3. The maximum atomic E-state index is 13.2. The Morgan fingerprint density at radius 1 is 1.14 bits per heavy atom. The predicted octanol–water partition coefficient (Wildman–Crippen LogP) is 4.35. The van der Waals surface area contributed by atoms with Crippen LogP contribution in [0.2, 0.25) is 5.02 Å². The minimum Gasteiger partial charge on any atom is -0.497 e. The molecule has 3 nitrogen and oxygen atoms in total. The average molecular weight is 324 g/mol. The summed E-state index contributed by atoms with van der Waals surface area (Å²) in [5.74, 6) is 1.10. The van der Waals surface area contributed by atoms with Crippen LogP contribution in [-0.2, 0) is 6.54 Å². The van der Waals surface area contributed by atoms with Crippen LogP contribution in [0.1, 0.15) is 24.1 Å². The van der Waals surface area contributed by atoms with E-state index in [-0.39, 0.29) is 11.1 Å². The SMILES string of the molecule is COc1ccc(C(C)NCc2ccc(F)c(Cl)c2)c(OC)c1. The smallest absolute Gasteiger partial charge is 0.141 e. The number of ether oxygens (including phenoxy) is 2. The Morgan fingerprint density at radius 2 is 1.91 bits per heavy atom. The topological polar surface area (TPSA) is 30.5 Å². The Morgan fingerprint density at radius 3 is 2.55 bits per heavy atom. The molecule has 1 unspecified atom stereocenters. The second kappa shape index (κ2) is 7.47. The van der Waals surface area contributed by atoms with Crippen molar-refractivity contribution in [2.45, 2.75) is 19.5 Å². The van der Waals surface area contributed by atoms with Gasteiger partial charge in [0.15, 0.2) is 0 Å². The fourth-order valence-electron chi connectivity index (χ4n) is 2.21. The molecular weight excluding hydrogens is 305 g/mol. The summed E-state index contributed by atoms with van der Waals surface area (Å²) in [4.78, 5) is 0. The van der Waals surface area contributed by atoms with Crippen molar-refractivity contribution in [1.82, 2.24) is 5.32 Å². The lowest BCUT2D eigenvalue weighted by atomic mass is 10.1. The number of hydrogen-bond donors (Lipinski definition) is 1. The summed E-state index contributed by atoms with van der Waals surface area (Å²) in [6.45, 7) is 2.62. The first kappa shape index (κ1) is 16.6. The zero-order valence-electron chi connectivity index (χ0n) is 12.8. The van der Waals surface area contributed by atoms with Crippen molar-refractivity contribution in [3.63, 3.8) is 0 Å². The Hall–Kier alpha value is -1.78. The molecule has 22 heavy (non-hydrogen) atoms. The zero-order valence-corrected chi connectivity index (χ0v) is 13.6. The minimum absolute atomic E-state index is 0.0599. The van der Waals surface area contributed by atoms with Gasteiger partial charge in [-0.2, -0.15) is 0 Å². The van der Waals surface area contributed by atoms with Gasteiger partial charge < -0.3 is 14.8 Å². The van der Waals surface area contributed by atoms with Crippen molar-refractivity contribution in [1.29, 1.82) is 0 Å². The van der Waals surface area contributed by atoms with E-state index in [9.17, 15) is 4.39 Å². The Bertz CT molecular complexity index is 649. The first-order chi connectivity index (χ1) is 10.5. The number of nitrogens with one attached hydrogen (secondary N) is 1. The van der Waals surface area contributed by atoms with E-state index in [0.29, 0.717) is 6.54 Å². The van der Waals surface area contributed by atoms with Crippen LogP contribution in [0, 0.1) is 5.82 Å². The molecule has 0 spiro atoms. The molecule has 2 aromatic carbocycles. The Labute approximate surface area is 135 Å². The van der Waals surface area contributed by atoms with Crippen LogP contribution in [0.4, 0.5) is 4.39 Å². The van der Waals surface area contributed by atoms with Gasteiger partial charge in [0.1, 0.15) is 17.3 Å². The van der Waals surface area contributed by atoms with Crippen LogP contribution in [0.3, 0.4) is 0 Å². The number of rotatable bonds is 6. The molecule has 0 heterocycles. The zero-order chi connectivity index (χ0) is 16.1. The molecule has 118 valence electrons. The molecule has 0 aliphatic carbocycles. The van der Waals surface area contributed by atoms with Crippen molar-refractivity contribution in [2.24, 2.45) is 0 Å². The van der Waals surface area contributed by atoms with Crippen LogP contribution < -0.4 is 14.8 Å². The van der Waals surface area contributed by atoms with Crippen LogP contribution in [-0.4, -0.2) is 14.2 Å². The lowest BCUT2D eigenvalue weighted by Gasteiger charge is -2.18. The highest BCUT2D eigenvalue weighted by atomic mass is 35.5. The monoisotopic (exact) mass is 323 g/mol. The number of benzene rings is 2. The summed E-state index contributed by atoms with van der Waals surface area (Å²) < 4.78 is 23.8. The van der Waals surface area contributed by atoms with Gasteiger partial charge >= 0.3 is 0 Å². The Kier molecular flexibility index (Phi) is 5.63. The molecule has 1 atom stereocenters. The van der Waals surface area contributed by atoms with Crippen LogP contribution in [0.25, 0.3) is 0 Å². The minimum atomic E-state index is -0.407. The van der Waals surface area contributed by atoms with Gasteiger partial charge in [-0.1, -0.05) is 23.7 Å². The van der Waals surface area contributed by atoms with Gasteiger partial charge in [-0.05, 0) is 30.7 Å². The van der Waals surface area contributed by atoms with E-state index in [1.54, 1.807) is 26.4 Å². The van der Waals surface area contributed by atoms with Crippen LogP contribution in [0.15, 0.2) is 36.4 Å². The predicted molar refractivity (Wildman–Crippen MR) is 86.2 cm³/mol. The van der Waals surface area contributed by atoms with Gasteiger partial charge in [0.25, 0.3) is 0 Å². The standard InChI is InChI=1S/C17H19ClFNO2/c1-11(14-6-5-13(21-2)9-17(14)22-3)20-10-12-4-7-16(19)15(18)8-12/h4-9,11,20H,10H2,1-3H3. The van der Waals surface area contributed by atoms with E-state index < -0.39 is 5.82 Å². The summed E-state index contributed by atoms with van der Waals surface area (Å²) in [5.41, 5.74) is 1.95. The molecule has 0 amide bonds. The molecule has 0 aliphatic rings.